The first-order valence-corrected chi connectivity index (χ1v) is 25.8. The van der Waals surface area contributed by atoms with Crippen LogP contribution in [0.2, 0.25) is 0 Å². The lowest BCUT2D eigenvalue weighted by Gasteiger charge is -2.50. The van der Waals surface area contributed by atoms with E-state index in [1.54, 1.807) is 0 Å². The molecule has 3 rings (SSSR count). The van der Waals surface area contributed by atoms with E-state index in [2.05, 4.69) is 10.6 Å². The van der Waals surface area contributed by atoms with E-state index < -0.39 is 177 Å². The first-order chi connectivity index (χ1) is 37.7. The van der Waals surface area contributed by atoms with Crippen molar-refractivity contribution in [2.45, 2.75) is 213 Å². The number of hydrogen-bond acceptors (Lipinski definition) is 28. The quantitative estimate of drug-likeness (QED) is 0.0481. The second-order valence-corrected chi connectivity index (χ2v) is 18.6. The highest BCUT2D eigenvalue weighted by Gasteiger charge is 2.60. The van der Waals surface area contributed by atoms with Crippen LogP contribution in [0.25, 0.3) is 0 Å². The Labute approximate surface area is 461 Å². The summed E-state index contributed by atoms with van der Waals surface area (Å²) < 4.78 is 87.0. The Hall–Kier alpha value is -6.60. The van der Waals surface area contributed by atoms with Crippen LogP contribution in [0.1, 0.15) is 121 Å². The minimum absolute atomic E-state index is 0.111. The molecule has 0 aliphatic carbocycles. The van der Waals surface area contributed by atoms with Gasteiger partial charge in [-0.25, -0.2) is 0 Å². The van der Waals surface area contributed by atoms with E-state index in [0.29, 0.717) is 45.2 Å². The van der Waals surface area contributed by atoms with Gasteiger partial charge in [0.1, 0.15) is 50.3 Å². The number of hydrogen-bond donors (Lipinski definition) is 3. The molecule has 4 N–H and O–H groups in total. The largest absolute Gasteiger partial charge is 0.463 e. The van der Waals surface area contributed by atoms with Crippen molar-refractivity contribution >= 4 is 71.5 Å². The number of nitrogens with one attached hydrogen (secondary N) is 2. The van der Waals surface area contributed by atoms with Crippen LogP contribution in [-0.2, 0) is 129 Å². The van der Waals surface area contributed by atoms with Gasteiger partial charge in [0.05, 0.1) is 0 Å². The maximum atomic E-state index is 13.6. The molecule has 3 heterocycles. The van der Waals surface area contributed by atoms with Gasteiger partial charge in [-0.15, -0.1) is 0 Å². The van der Waals surface area contributed by atoms with Crippen LogP contribution >= 0.6 is 0 Å². The molecule has 0 saturated carbocycles. The van der Waals surface area contributed by atoms with Crippen LogP contribution in [-0.4, -0.2) is 196 Å². The molecule has 0 bridgehead atoms. The lowest BCUT2D eigenvalue weighted by Crippen LogP contribution is -2.70. The number of carbonyl (C=O) groups is 12. The van der Waals surface area contributed by atoms with Crippen LogP contribution in [0.15, 0.2) is 0 Å². The molecule has 15 atom stereocenters. The molecule has 0 aromatic heterocycles. The predicted molar refractivity (Wildman–Crippen MR) is 262 cm³/mol. The number of carbonyl (C=O) groups excluding carboxylic acids is 12. The monoisotopic (exact) mass is 1150 g/mol. The number of amides is 2. The molecule has 0 aromatic rings. The van der Waals surface area contributed by atoms with Crippen molar-refractivity contribution in [3.63, 3.8) is 0 Å². The molecule has 3 fully saturated rings. The van der Waals surface area contributed by atoms with Gasteiger partial charge >= 0.3 is 59.7 Å². The Morgan fingerprint density at radius 1 is 0.362 bits per heavy atom. The van der Waals surface area contributed by atoms with E-state index in [1.165, 1.54) is 0 Å². The van der Waals surface area contributed by atoms with Gasteiger partial charge in [0.15, 0.2) is 61.5 Å². The van der Waals surface area contributed by atoms with E-state index in [4.69, 9.17) is 76.8 Å². The van der Waals surface area contributed by atoms with Crippen molar-refractivity contribution in [1.29, 1.82) is 0 Å². The van der Waals surface area contributed by atoms with E-state index in [0.717, 1.165) is 82.1 Å². The van der Waals surface area contributed by atoms with Crippen LogP contribution in [0.3, 0.4) is 0 Å². The number of nitrogens with two attached hydrogens (primary N) is 1. The highest BCUT2D eigenvalue weighted by atomic mass is 16.8. The smallest absolute Gasteiger partial charge is 0.303 e. The molecule has 0 unspecified atom stereocenters. The topological polar surface area (TPSA) is 393 Å². The number of esters is 10. The van der Waals surface area contributed by atoms with Gasteiger partial charge in [-0.05, 0) is 32.2 Å². The Kier molecular flexibility index (Phi) is 28.6. The predicted octanol–water partition coefficient (Wildman–Crippen LogP) is -0.545. The van der Waals surface area contributed by atoms with Crippen molar-refractivity contribution < 1.29 is 129 Å². The summed E-state index contributed by atoms with van der Waals surface area (Å²) in [7, 11) is 0. The van der Waals surface area contributed by atoms with Gasteiger partial charge in [-0.2, -0.15) is 0 Å². The molecular weight excluding hydrogens is 1070 g/mol. The molecule has 3 saturated heterocycles. The van der Waals surface area contributed by atoms with Crippen LogP contribution in [0.4, 0.5) is 0 Å². The first-order valence-electron chi connectivity index (χ1n) is 25.8. The zero-order chi connectivity index (χ0) is 59.8. The molecule has 0 aromatic carbocycles. The van der Waals surface area contributed by atoms with E-state index >= 15 is 0 Å². The van der Waals surface area contributed by atoms with Crippen molar-refractivity contribution in [3.8, 4) is 0 Å². The highest BCUT2D eigenvalue weighted by molar-refractivity contribution is 5.77. The average molecular weight is 1150 g/mol. The third-order valence-corrected chi connectivity index (χ3v) is 11.7. The minimum atomic E-state index is -2.11. The zero-order valence-corrected chi connectivity index (χ0v) is 46.5. The first kappa shape index (κ1) is 67.7. The Morgan fingerprint density at radius 2 is 0.713 bits per heavy atom. The average Bonchev–Trinajstić information content (AvgIpc) is 3.38. The molecule has 30 nitrogen and oxygen atoms in total. The third kappa shape index (κ3) is 23.2. The molecule has 0 spiro atoms. The lowest BCUT2D eigenvalue weighted by atomic mass is 9.94. The summed E-state index contributed by atoms with van der Waals surface area (Å²) in [6.07, 6.45) is -23.6. The van der Waals surface area contributed by atoms with Crippen LogP contribution in [0, 0.1) is 0 Å². The lowest BCUT2D eigenvalue weighted by molar-refractivity contribution is -0.375. The summed E-state index contributed by atoms with van der Waals surface area (Å²) in [5, 5.41) is 5.44. The third-order valence-electron chi connectivity index (χ3n) is 11.7. The highest BCUT2D eigenvalue weighted by Crippen LogP contribution is 2.38. The molecule has 452 valence electrons. The summed E-state index contributed by atoms with van der Waals surface area (Å²) in [4.78, 5) is 153. The van der Waals surface area contributed by atoms with Gasteiger partial charge < -0.3 is 87.4 Å². The molecule has 2 amide bonds. The maximum absolute atomic E-state index is 13.6. The second kappa shape index (κ2) is 33.9. The van der Waals surface area contributed by atoms with Gasteiger partial charge in [-0.1, -0.05) is 12.8 Å². The van der Waals surface area contributed by atoms with Crippen LogP contribution < -0.4 is 16.4 Å². The molecule has 3 aliphatic rings. The Morgan fingerprint density at radius 3 is 1.15 bits per heavy atom. The Balaban J connectivity index is 2.20. The molecule has 30 heteroatoms. The number of unbranched alkanes of at least 4 members (excludes halogenated alkanes) is 4. The van der Waals surface area contributed by atoms with Crippen molar-refractivity contribution in [3.05, 3.63) is 0 Å². The van der Waals surface area contributed by atoms with Gasteiger partial charge in [0.25, 0.3) is 0 Å². The SMILES string of the molecule is CC(=O)OC[C@H]1O[C@H](O[C@H]2[C@@H](OC(C)=O)[C@@H](COC(C)=O)O[C@@H](O[C@H]3[C@H](OC(C)=O)[C@@H](OC(C)=O)[C@H](NC(=O)CCCCCNC(=O)CCCCCN)O[C@@H]3COC(C)=O)[C@@H]2OC(C)=O)[C@H](OC(C)=O)[C@@H](OC(C)=O)[C@H]1OC(C)=O. The molecular formula is C50H75N3O27. The fourth-order valence-corrected chi connectivity index (χ4v) is 8.65. The van der Waals surface area contributed by atoms with Crippen molar-refractivity contribution in [1.82, 2.24) is 10.6 Å². The van der Waals surface area contributed by atoms with Crippen LogP contribution in [0.5, 0.6) is 0 Å². The van der Waals surface area contributed by atoms with Crippen molar-refractivity contribution in [2.75, 3.05) is 32.9 Å². The fourth-order valence-electron chi connectivity index (χ4n) is 8.65. The van der Waals surface area contributed by atoms with Gasteiger partial charge in [0.2, 0.25) is 11.8 Å². The maximum Gasteiger partial charge on any atom is 0.303 e. The van der Waals surface area contributed by atoms with Gasteiger partial charge in [0, 0.05) is 88.6 Å². The summed E-state index contributed by atoms with van der Waals surface area (Å²) in [6.45, 7) is 8.51. The number of rotatable bonds is 29. The fraction of sp³-hybridized carbons (Fsp3) is 0.760. The zero-order valence-electron chi connectivity index (χ0n) is 46.5. The Bertz CT molecular complexity index is 2160. The number of ether oxygens (including phenoxy) is 15. The molecule has 80 heavy (non-hydrogen) atoms. The van der Waals surface area contributed by atoms with E-state index in [9.17, 15) is 57.5 Å². The standard InChI is InChI=1S/C50H75N3O27/c1-24(54)66-21-34-41(42(71-29(6)59)45(73-31(8)61)48(76-34)53-38(65)18-14-12-16-20-52-37(64)17-13-11-15-19-51)79-49-47(75-33(10)63)44(40(70-28(5)58)36(77-49)23-68-26(3)56)80-50-46(74-32(9)62)43(72-30(7)60)39(69-27(4)57)35(78-50)22-67-25(2)55/h34-36,39-50H,11-23,51H2,1-10H3,(H,52,64)(H,53,65)/t34-,35-,36-,39+,40+,41-,42+,43+,44+,45-,46-,47-,48-,49+,50-/m1/s1. The van der Waals surface area contributed by atoms with E-state index in [-0.39, 0.29) is 12.3 Å². The summed E-state index contributed by atoms with van der Waals surface area (Å²) in [5.41, 5.74) is 5.51. The summed E-state index contributed by atoms with van der Waals surface area (Å²) in [6, 6.07) is 0. The minimum Gasteiger partial charge on any atom is -0.463 e. The second-order valence-electron chi connectivity index (χ2n) is 18.6. The van der Waals surface area contributed by atoms with Gasteiger partial charge in [-0.3, -0.25) is 57.5 Å². The molecule has 3 aliphatic heterocycles. The molecule has 0 radical (unpaired) electrons. The van der Waals surface area contributed by atoms with E-state index in [1.807, 2.05) is 0 Å². The summed E-state index contributed by atoms with van der Waals surface area (Å²) in [5.74, 6) is -10.5. The van der Waals surface area contributed by atoms with Crippen molar-refractivity contribution in [2.24, 2.45) is 5.73 Å². The normalized spacial score (nSPS) is 28.0. The summed E-state index contributed by atoms with van der Waals surface area (Å²) >= 11 is 0.